The number of phenolic OH excluding ortho intramolecular Hbond substituents is 5. The lowest BCUT2D eigenvalue weighted by Crippen LogP contribution is -2.60. The number of carbonyl (C=O) groups excluding carboxylic acids is 1. The second-order valence-corrected chi connectivity index (χ2v) is 10.2. The third-order valence-electron chi connectivity index (χ3n) is 7.06. The molecule has 5 atom stereocenters. The van der Waals surface area contributed by atoms with Crippen molar-refractivity contribution >= 4 is 23.0 Å². The van der Waals surface area contributed by atoms with Crippen LogP contribution in [0.5, 0.6) is 40.2 Å². The van der Waals surface area contributed by atoms with Crippen LogP contribution in [0.4, 0.5) is 0 Å². The zero-order valence-electron chi connectivity index (χ0n) is 23.8. The Bertz CT molecular complexity index is 1860. The molecule has 0 unspecified atom stereocenters. The van der Waals surface area contributed by atoms with Gasteiger partial charge in [-0.05, 0) is 42.0 Å². The van der Waals surface area contributed by atoms with E-state index in [0.717, 1.165) is 30.3 Å². The van der Waals surface area contributed by atoms with E-state index in [1.807, 2.05) is 0 Å². The fourth-order valence-corrected chi connectivity index (χ4v) is 4.67. The molecule has 5 rings (SSSR count). The van der Waals surface area contributed by atoms with Crippen molar-refractivity contribution in [3.63, 3.8) is 0 Å². The van der Waals surface area contributed by atoms with E-state index in [9.17, 15) is 50.4 Å². The molecular formula is C31H28O15. The first-order chi connectivity index (χ1) is 21.9. The number of rotatable bonds is 8. The van der Waals surface area contributed by atoms with Crippen molar-refractivity contribution in [3.8, 4) is 51.6 Å². The van der Waals surface area contributed by atoms with Gasteiger partial charge in [-0.25, -0.2) is 4.79 Å². The second-order valence-electron chi connectivity index (χ2n) is 10.2. The maximum absolute atomic E-state index is 13.6. The van der Waals surface area contributed by atoms with Crippen LogP contribution in [0.3, 0.4) is 0 Å². The maximum Gasteiger partial charge on any atom is 0.330 e. The van der Waals surface area contributed by atoms with Crippen molar-refractivity contribution < 1.29 is 69.0 Å². The average molecular weight is 641 g/mol. The molecule has 3 aromatic carbocycles. The van der Waals surface area contributed by atoms with E-state index in [-0.39, 0.29) is 22.6 Å². The van der Waals surface area contributed by atoms with E-state index in [1.54, 1.807) is 0 Å². The molecule has 1 saturated heterocycles. The van der Waals surface area contributed by atoms with Gasteiger partial charge >= 0.3 is 5.97 Å². The van der Waals surface area contributed by atoms with Crippen LogP contribution in [-0.4, -0.2) is 91.2 Å². The summed E-state index contributed by atoms with van der Waals surface area (Å²) in [5.41, 5.74) is -0.847. The monoisotopic (exact) mass is 640 g/mol. The zero-order valence-corrected chi connectivity index (χ0v) is 23.8. The van der Waals surface area contributed by atoms with Gasteiger partial charge < -0.3 is 64.2 Å². The van der Waals surface area contributed by atoms with Gasteiger partial charge in [-0.3, -0.25) is 4.79 Å². The molecule has 0 bridgehead atoms. The standard InChI is InChI=1S/C31H28O15/c1-42-20-8-13(2-5-17(20)34)3-7-23(37)43-12-22-25(38)27(40)28(41)31(45-22)46-30-26(39)24-19(36)10-15(32)11-21(24)44-29(30)14-4-6-16(33)18(35)9-14/h2-11,22,25,27-28,31-36,38,40-41H,12H2,1H3/b7-3+/t22-,25-,27-,28+,31-/m1/s1. The number of methoxy groups -OCH3 is 1. The quantitative estimate of drug-likeness (QED) is 0.0771. The molecule has 0 aliphatic carbocycles. The summed E-state index contributed by atoms with van der Waals surface area (Å²) < 4.78 is 27.2. The lowest BCUT2D eigenvalue weighted by Gasteiger charge is -2.39. The molecule has 15 nitrogen and oxygen atoms in total. The third kappa shape index (κ3) is 6.33. The number of ether oxygens (including phenoxy) is 4. The average Bonchev–Trinajstić information content (AvgIpc) is 3.02. The summed E-state index contributed by atoms with van der Waals surface area (Å²) in [6.07, 6.45) is -6.60. The summed E-state index contributed by atoms with van der Waals surface area (Å²) >= 11 is 0. The highest BCUT2D eigenvalue weighted by atomic mass is 16.7. The van der Waals surface area contributed by atoms with Crippen molar-refractivity contribution in [1.29, 1.82) is 0 Å². The van der Waals surface area contributed by atoms with Crippen molar-refractivity contribution in [2.45, 2.75) is 30.7 Å². The summed E-state index contributed by atoms with van der Waals surface area (Å²) in [6, 6.07) is 9.60. The fraction of sp³-hybridized carbons (Fsp3) is 0.226. The second kappa shape index (κ2) is 12.9. The van der Waals surface area contributed by atoms with E-state index in [1.165, 1.54) is 37.5 Å². The minimum Gasteiger partial charge on any atom is -0.508 e. The first-order valence-electron chi connectivity index (χ1n) is 13.5. The molecule has 1 aliphatic rings. The van der Waals surface area contributed by atoms with Crippen molar-refractivity contribution in [3.05, 3.63) is 70.4 Å². The van der Waals surface area contributed by atoms with Crippen LogP contribution in [0.15, 0.2) is 63.8 Å². The van der Waals surface area contributed by atoms with Crippen molar-refractivity contribution in [2.75, 3.05) is 13.7 Å². The molecule has 0 radical (unpaired) electrons. The van der Waals surface area contributed by atoms with Crippen LogP contribution in [0.2, 0.25) is 0 Å². The molecule has 242 valence electrons. The Morgan fingerprint density at radius 3 is 2.33 bits per heavy atom. The van der Waals surface area contributed by atoms with Crippen LogP contribution in [0.25, 0.3) is 28.4 Å². The largest absolute Gasteiger partial charge is 0.508 e. The fourth-order valence-electron chi connectivity index (χ4n) is 4.67. The molecular weight excluding hydrogens is 612 g/mol. The molecule has 1 fully saturated rings. The number of benzene rings is 3. The van der Waals surface area contributed by atoms with Crippen molar-refractivity contribution in [1.82, 2.24) is 0 Å². The van der Waals surface area contributed by atoms with Gasteiger partial charge in [0.05, 0.1) is 7.11 Å². The summed E-state index contributed by atoms with van der Waals surface area (Å²) in [5, 5.41) is 81.1. The Kier molecular flexibility index (Phi) is 8.93. The van der Waals surface area contributed by atoms with Gasteiger partial charge in [0.2, 0.25) is 17.5 Å². The maximum atomic E-state index is 13.6. The molecule has 1 aliphatic heterocycles. The van der Waals surface area contributed by atoms with E-state index in [2.05, 4.69) is 0 Å². The number of aromatic hydroxyl groups is 5. The zero-order chi connectivity index (χ0) is 33.3. The number of aliphatic hydroxyl groups is 3. The van der Waals surface area contributed by atoms with E-state index < -0.39 is 88.6 Å². The third-order valence-corrected chi connectivity index (χ3v) is 7.06. The topological polar surface area (TPSA) is 246 Å². The van der Waals surface area contributed by atoms with Gasteiger partial charge in [-0.15, -0.1) is 0 Å². The van der Waals surface area contributed by atoms with Gasteiger partial charge in [0.25, 0.3) is 0 Å². The minimum absolute atomic E-state index is 0.0264. The summed E-state index contributed by atoms with van der Waals surface area (Å²) in [6.45, 7) is -0.641. The Hall–Kier alpha value is -5.48. The van der Waals surface area contributed by atoms with Crippen LogP contribution in [-0.2, 0) is 14.3 Å². The molecule has 8 N–H and O–H groups in total. The van der Waals surface area contributed by atoms with E-state index in [4.69, 9.17) is 23.4 Å². The molecule has 2 heterocycles. The Morgan fingerprint density at radius 2 is 1.61 bits per heavy atom. The van der Waals surface area contributed by atoms with E-state index in [0.29, 0.717) is 5.56 Å². The number of aliphatic hydroxyl groups excluding tert-OH is 3. The predicted molar refractivity (Wildman–Crippen MR) is 157 cm³/mol. The number of phenols is 5. The molecule has 0 amide bonds. The first kappa shape index (κ1) is 31.9. The molecule has 1 aromatic heterocycles. The smallest absolute Gasteiger partial charge is 0.330 e. The highest BCUT2D eigenvalue weighted by Crippen LogP contribution is 2.39. The Labute approximate surface area is 258 Å². The van der Waals surface area contributed by atoms with Gasteiger partial charge in [-0.1, -0.05) is 6.07 Å². The number of esters is 1. The first-order valence-corrected chi connectivity index (χ1v) is 13.5. The SMILES string of the molecule is COc1cc(/C=C/C(=O)OC[C@H]2O[C@H](Oc3c(-c4ccc(O)c(O)c4)oc4cc(O)cc(O)c4c3=O)[C@@H](O)[C@H](O)[C@@H]2O)ccc1O. The molecule has 15 heteroatoms. The van der Waals surface area contributed by atoms with Gasteiger partial charge in [0.15, 0.2) is 28.8 Å². The lowest BCUT2D eigenvalue weighted by molar-refractivity contribution is -0.278. The molecule has 0 spiro atoms. The number of hydrogen-bond donors (Lipinski definition) is 8. The van der Waals surface area contributed by atoms with Gasteiger partial charge in [-0.2, -0.15) is 0 Å². The van der Waals surface area contributed by atoms with E-state index >= 15 is 0 Å². The number of fused-ring (bicyclic) bond motifs is 1. The lowest BCUT2D eigenvalue weighted by atomic mass is 9.99. The van der Waals surface area contributed by atoms with Crippen LogP contribution >= 0.6 is 0 Å². The summed E-state index contributed by atoms with van der Waals surface area (Å²) in [4.78, 5) is 26.0. The van der Waals surface area contributed by atoms with Gasteiger partial charge in [0.1, 0.15) is 53.5 Å². The normalized spacial score (nSPS) is 21.3. The van der Waals surface area contributed by atoms with Gasteiger partial charge in [0, 0.05) is 23.8 Å². The Morgan fingerprint density at radius 1 is 0.870 bits per heavy atom. The van der Waals surface area contributed by atoms with Crippen LogP contribution in [0.1, 0.15) is 5.56 Å². The molecule has 0 saturated carbocycles. The minimum atomic E-state index is -1.96. The van der Waals surface area contributed by atoms with Crippen LogP contribution < -0.4 is 14.9 Å². The highest BCUT2D eigenvalue weighted by Gasteiger charge is 2.46. The molecule has 46 heavy (non-hydrogen) atoms. The van der Waals surface area contributed by atoms with Crippen LogP contribution in [0, 0.1) is 0 Å². The number of hydrogen-bond acceptors (Lipinski definition) is 15. The summed E-state index contributed by atoms with van der Waals surface area (Å²) in [5.74, 6) is -4.12. The summed E-state index contributed by atoms with van der Waals surface area (Å²) in [7, 11) is 1.36. The highest BCUT2D eigenvalue weighted by molar-refractivity contribution is 5.88. The van der Waals surface area contributed by atoms with Crippen molar-refractivity contribution in [2.24, 2.45) is 0 Å². The predicted octanol–water partition coefficient (Wildman–Crippen LogP) is 1.44. The number of carbonyl (C=O) groups is 1. The Balaban J connectivity index is 1.41. The molecule has 4 aromatic rings.